The Labute approximate surface area is 126 Å². The maximum Gasteiger partial charge on any atom is 0.310 e. The summed E-state index contributed by atoms with van der Waals surface area (Å²) in [6, 6.07) is 9.76. The van der Waals surface area contributed by atoms with Crippen LogP contribution in [0.2, 0.25) is 0 Å². The lowest BCUT2D eigenvalue weighted by Gasteiger charge is -2.33. The number of carbonyl (C=O) groups excluding carboxylic acids is 2. The minimum Gasteiger partial charge on any atom is -0.466 e. The molecule has 1 fully saturated rings. The first-order valence-electron chi connectivity index (χ1n) is 7.63. The van der Waals surface area contributed by atoms with E-state index >= 15 is 0 Å². The molecule has 0 unspecified atom stereocenters. The van der Waals surface area contributed by atoms with E-state index in [1.807, 2.05) is 42.2 Å². The van der Waals surface area contributed by atoms with Gasteiger partial charge in [-0.25, -0.2) is 0 Å². The Bertz CT molecular complexity index is 486. The van der Waals surface area contributed by atoms with Crippen molar-refractivity contribution in [3.63, 3.8) is 0 Å². The van der Waals surface area contributed by atoms with Gasteiger partial charge >= 0.3 is 5.97 Å². The van der Waals surface area contributed by atoms with Crippen molar-refractivity contribution in [2.75, 3.05) is 19.7 Å². The number of benzene rings is 1. The van der Waals surface area contributed by atoms with E-state index in [0.717, 1.165) is 24.9 Å². The van der Waals surface area contributed by atoms with Crippen LogP contribution in [0.1, 0.15) is 38.2 Å². The van der Waals surface area contributed by atoms with Crippen molar-refractivity contribution in [1.82, 2.24) is 4.90 Å². The molecule has 1 aromatic rings. The standard InChI is InChI=1S/C17H23NO3/c1-3-21-17(20)15-10-7-11-18(12-15)16(19)13(2)14-8-5-4-6-9-14/h4-6,8-9,13,15H,3,7,10-12H2,1-2H3/t13-,15-/m0/s1. The highest BCUT2D eigenvalue weighted by molar-refractivity contribution is 5.84. The van der Waals surface area contributed by atoms with Crippen molar-refractivity contribution in [3.05, 3.63) is 35.9 Å². The third-order valence-corrected chi connectivity index (χ3v) is 4.02. The molecule has 114 valence electrons. The van der Waals surface area contributed by atoms with Gasteiger partial charge in [-0.3, -0.25) is 9.59 Å². The summed E-state index contributed by atoms with van der Waals surface area (Å²) in [6.45, 7) is 5.33. The Balaban J connectivity index is 2.00. The van der Waals surface area contributed by atoms with Crippen LogP contribution in [0, 0.1) is 5.92 Å². The molecule has 0 saturated carbocycles. The van der Waals surface area contributed by atoms with E-state index in [1.54, 1.807) is 6.92 Å². The normalized spacial score (nSPS) is 19.9. The molecule has 0 radical (unpaired) electrons. The van der Waals surface area contributed by atoms with E-state index in [-0.39, 0.29) is 23.7 Å². The highest BCUT2D eigenvalue weighted by Gasteiger charge is 2.31. The molecule has 4 heteroatoms. The van der Waals surface area contributed by atoms with Crippen molar-refractivity contribution in [3.8, 4) is 0 Å². The highest BCUT2D eigenvalue weighted by Crippen LogP contribution is 2.23. The number of rotatable bonds is 4. The Kier molecular flexibility index (Phi) is 5.37. The zero-order chi connectivity index (χ0) is 15.2. The summed E-state index contributed by atoms with van der Waals surface area (Å²) in [4.78, 5) is 26.3. The first kappa shape index (κ1) is 15.5. The molecule has 0 aromatic heterocycles. The fraction of sp³-hybridized carbons (Fsp3) is 0.529. The number of likely N-dealkylation sites (tertiary alicyclic amines) is 1. The molecular weight excluding hydrogens is 266 g/mol. The summed E-state index contributed by atoms with van der Waals surface area (Å²) in [5.74, 6) is -0.435. The van der Waals surface area contributed by atoms with Gasteiger partial charge in [0.25, 0.3) is 0 Å². The molecule has 2 rings (SSSR count). The minimum absolute atomic E-state index is 0.0928. The van der Waals surface area contributed by atoms with Gasteiger partial charge in [0.05, 0.1) is 18.4 Å². The van der Waals surface area contributed by atoms with Crippen LogP contribution < -0.4 is 0 Å². The first-order chi connectivity index (χ1) is 10.1. The molecule has 0 spiro atoms. The van der Waals surface area contributed by atoms with Crippen LogP contribution in [0.5, 0.6) is 0 Å². The van der Waals surface area contributed by atoms with Crippen LogP contribution in [0.25, 0.3) is 0 Å². The third kappa shape index (κ3) is 3.84. The maximum atomic E-state index is 12.6. The summed E-state index contributed by atoms with van der Waals surface area (Å²) >= 11 is 0. The van der Waals surface area contributed by atoms with E-state index in [0.29, 0.717) is 13.2 Å². The van der Waals surface area contributed by atoms with Crippen LogP contribution in [0.3, 0.4) is 0 Å². The van der Waals surface area contributed by atoms with Gasteiger partial charge in [0.2, 0.25) is 5.91 Å². The predicted molar refractivity (Wildman–Crippen MR) is 80.8 cm³/mol. The molecule has 1 amide bonds. The molecule has 0 N–H and O–H groups in total. The van der Waals surface area contributed by atoms with Gasteiger partial charge in [0.15, 0.2) is 0 Å². The lowest BCUT2D eigenvalue weighted by atomic mass is 9.94. The Morgan fingerprint density at radius 3 is 2.71 bits per heavy atom. The number of piperidine rings is 1. The molecule has 0 aliphatic carbocycles. The van der Waals surface area contributed by atoms with Gasteiger partial charge < -0.3 is 9.64 Å². The summed E-state index contributed by atoms with van der Waals surface area (Å²) in [5.41, 5.74) is 1.01. The summed E-state index contributed by atoms with van der Waals surface area (Å²) < 4.78 is 5.08. The van der Waals surface area contributed by atoms with Crippen LogP contribution in [0.4, 0.5) is 0 Å². The number of esters is 1. The average molecular weight is 289 g/mol. The first-order valence-corrected chi connectivity index (χ1v) is 7.63. The number of hydrogen-bond donors (Lipinski definition) is 0. The Morgan fingerprint density at radius 2 is 2.05 bits per heavy atom. The molecule has 21 heavy (non-hydrogen) atoms. The lowest BCUT2D eigenvalue weighted by Crippen LogP contribution is -2.44. The lowest BCUT2D eigenvalue weighted by molar-refractivity contribution is -0.151. The number of amides is 1. The second-order valence-corrected chi connectivity index (χ2v) is 5.51. The molecule has 1 saturated heterocycles. The maximum absolute atomic E-state index is 12.6. The van der Waals surface area contributed by atoms with Gasteiger partial charge in [0, 0.05) is 13.1 Å². The number of hydrogen-bond acceptors (Lipinski definition) is 3. The van der Waals surface area contributed by atoms with Gasteiger partial charge in [-0.15, -0.1) is 0 Å². The molecule has 1 aliphatic heterocycles. The summed E-state index contributed by atoms with van der Waals surface area (Å²) in [5, 5.41) is 0. The topological polar surface area (TPSA) is 46.6 Å². The average Bonchev–Trinajstić information content (AvgIpc) is 2.54. The largest absolute Gasteiger partial charge is 0.466 e. The number of nitrogens with zero attached hydrogens (tertiary/aromatic N) is 1. The number of ether oxygens (including phenoxy) is 1. The zero-order valence-electron chi connectivity index (χ0n) is 12.7. The van der Waals surface area contributed by atoms with Crippen molar-refractivity contribution in [2.45, 2.75) is 32.6 Å². The van der Waals surface area contributed by atoms with E-state index in [2.05, 4.69) is 0 Å². The molecule has 1 heterocycles. The third-order valence-electron chi connectivity index (χ3n) is 4.02. The summed E-state index contributed by atoms with van der Waals surface area (Å²) in [6.07, 6.45) is 1.67. The number of carbonyl (C=O) groups is 2. The zero-order valence-corrected chi connectivity index (χ0v) is 12.7. The molecule has 4 nitrogen and oxygen atoms in total. The van der Waals surface area contributed by atoms with Crippen LogP contribution in [-0.4, -0.2) is 36.5 Å². The van der Waals surface area contributed by atoms with Gasteiger partial charge in [-0.1, -0.05) is 30.3 Å². The second-order valence-electron chi connectivity index (χ2n) is 5.51. The van der Waals surface area contributed by atoms with Gasteiger partial charge in [-0.05, 0) is 32.3 Å². The van der Waals surface area contributed by atoms with E-state index < -0.39 is 0 Å². The van der Waals surface area contributed by atoms with Crippen LogP contribution in [-0.2, 0) is 14.3 Å². The Hall–Kier alpha value is -1.84. The highest BCUT2D eigenvalue weighted by atomic mass is 16.5. The SMILES string of the molecule is CCOC(=O)[C@H]1CCCN(C(=O)[C@@H](C)c2ccccc2)C1. The van der Waals surface area contributed by atoms with Gasteiger partial charge in [0.1, 0.15) is 0 Å². The minimum atomic E-state index is -0.178. The fourth-order valence-electron chi connectivity index (χ4n) is 2.79. The van der Waals surface area contributed by atoms with Gasteiger partial charge in [-0.2, -0.15) is 0 Å². The molecule has 2 atom stereocenters. The second kappa shape index (κ2) is 7.25. The van der Waals surface area contributed by atoms with Crippen LogP contribution >= 0.6 is 0 Å². The molecule has 0 bridgehead atoms. The van der Waals surface area contributed by atoms with E-state index in [4.69, 9.17) is 4.74 Å². The molecule has 1 aliphatic rings. The predicted octanol–water partition coefficient (Wildman–Crippen LogP) is 2.59. The Morgan fingerprint density at radius 1 is 1.33 bits per heavy atom. The molecule has 1 aromatic carbocycles. The quantitative estimate of drug-likeness (QED) is 0.800. The monoisotopic (exact) mass is 289 g/mol. The van der Waals surface area contributed by atoms with Crippen molar-refractivity contribution < 1.29 is 14.3 Å². The fourth-order valence-corrected chi connectivity index (χ4v) is 2.79. The van der Waals surface area contributed by atoms with Crippen molar-refractivity contribution in [1.29, 1.82) is 0 Å². The smallest absolute Gasteiger partial charge is 0.310 e. The van der Waals surface area contributed by atoms with E-state index in [1.165, 1.54) is 0 Å². The summed E-state index contributed by atoms with van der Waals surface area (Å²) in [7, 11) is 0. The molecular formula is C17H23NO3. The van der Waals surface area contributed by atoms with Crippen molar-refractivity contribution in [2.24, 2.45) is 5.92 Å². The van der Waals surface area contributed by atoms with Crippen LogP contribution in [0.15, 0.2) is 30.3 Å². The van der Waals surface area contributed by atoms with Crippen molar-refractivity contribution >= 4 is 11.9 Å². The van der Waals surface area contributed by atoms with E-state index in [9.17, 15) is 9.59 Å².